The van der Waals surface area contributed by atoms with Gasteiger partial charge >= 0.3 is 47.9 Å². The number of aromatic hydroxyl groups is 1. The van der Waals surface area contributed by atoms with Crippen molar-refractivity contribution in [1.29, 1.82) is 0 Å². The number of phenolic OH excluding ortho intramolecular Hbond substituents is 1. The van der Waals surface area contributed by atoms with Crippen LogP contribution in [0.25, 0.3) is 0 Å². The van der Waals surface area contributed by atoms with Crippen molar-refractivity contribution in [2.75, 3.05) is 58.1 Å². The van der Waals surface area contributed by atoms with Crippen molar-refractivity contribution >= 4 is 146 Å². The fraction of sp³-hybridized carbons (Fsp3) is 0.560. The Morgan fingerprint density at radius 1 is 0.649 bits per heavy atom. The molecule has 0 aliphatic carbocycles. The van der Waals surface area contributed by atoms with Gasteiger partial charge in [-0.05, 0) is 106 Å². The number of thiazole rings is 1. The first kappa shape index (κ1) is 113. The number of carboxylic acids is 4. The molecule has 0 bridgehead atoms. The summed E-state index contributed by atoms with van der Waals surface area (Å²) in [5.74, 6) is -18.5. The number of phenols is 1. The van der Waals surface area contributed by atoms with Crippen LogP contribution in [0.4, 0.5) is 9.59 Å². The van der Waals surface area contributed by atoms with Crippen LogP contribution < -0.4 is 48.3 Å². The number of aromatic nitrogens is 1. The van der Waals surface area contributed by atoms with Gasteiger partial charge in [-0.15, -0.1) is 11.3 Å². The normalized spacial score (nSPS) is 15.4. The van der Waals surface area contributed by atoms with Crippen LogP contribution >= 0.6 is 32.9 Å². The van der Waals surface area contributed by atoms with Crippen LogP contribution in [0.1, 0.15) is 196 Å². The quantitative estimate of drug-likeness (QED) is 0.00587. The number of nitrogens with one attached hydrogen (secondary N) is 8. The van der Waals surface area contributed by atoms with Crippen LogP contribution in [-0.4, -0.2) is 260 Å². The molecule has 5 rings (SSSR count). The fourth-order valence-corrected chi connectivity index (χ4v) is 17.6. The number of nitrogens with zero attached hydrogens (tertiary/aromatic N) is 3. The zero-order valence-electron chi connectivity index (χ0n) is 76.5. The van der Waals surface area contributed by atoms with Gasteiger partial charge in [-0.25, -0.2) is 19.4 Å². The second-order valence-electron chi connectivity index (χ2n) is 33.2. The molecule has 0 spiro atoms. The van der Waals surface area contributed by atoms with Gasteiger partial charge < -0.3 is 97.6 Å². The lowest BCUT2D eigenvalue weighted by atomic mass is 9.82. The van der Waals surface area contributed by atoms with Gasteiger partial charge in [0.05, 0.1) is 43.4 Å². The van der Waals surface area contributed by atoms with E-state index in [9.17, 15) is 107 Å². The van der Waals surface area contributed by atoms with Crippen molar-refractivity contribution in [2.24, 2.45) is 41.2 Å². The van der Waals surface area contributed by atoms with Crippen molar-refractivity contribution in [3.63, 3.8) is 0 Å². The summed E-state index contributed by atoms with van der Waals surface area (Å²) < 4.78 is 21.6. The Labute approximate surface area is 788 Å². The Balaban J connectivity index is 1.14. The minimum Gasteiger partial charge on any atom is -0.508 e. The van der Waals surface area contributed by atoms with Crippen LogP contribution in [0.5, 0.6) is 5.75 Å². The molecule has 9 amide bonds. The Morgan fingerprint density at radius 2 is 1.31 bits per heavy atom. The molecule has 15 N–H and O–H groups in total. The van der Waals surface area contributed by atoms with E-state index >= 15 is 4.79 Å². The number of aliphatic carboxylic acids is 4. The number of urea groups is 1. The summed E-state index contributed by atoms with van der Waals surface area (Å²) in [6.07, 6.45) is -4.27. The largest absolute Gasteiger partial charge is 0.508 e. The summed E-state index contributed by atoms with van der Waals surface area (Å²) in [6.45, 7) is 10.8. The highest BCUT2D eigenvalue weighted by Gasteiger charge is 2.41. The van der Waals surface area contributed by atoms with Gasteiger partial charge in [-0.1, -0.05) is 149 Å². The lowest BCUT2D eigenvalue weighted by Crippen LogP contribution is -2.53. The van der Waals surface area contributed by atoms with Crippen LogP contribution in [-0.2, 0) is 115 Å². The number of alkyl carbamates (subject to hydrolysis) is 1. The number of ketones is 4. The molecule has 0 radical (unpaired) electrons. The van der Waals surface area contributed by atoms with Crippen LogP contribution in [0.3, 0.4) is 0 Å². The Morgan fingerprint density at radius 3 is 1.92 bits per heavy atom. The lowest BCUT2D eigenvalue weighted by molar-refractivity contribution is -0.162. The summed E-state index contributed by atoms with van der Waals surface area (Å²) >= 11 is 1.03. The number of carboxylic acid groups (broad SMARTS) is 4. The molecule has 4 aromatic rings. The number of hydrogen-bond acceptors (Lipinski definition) is 30. The van der Waals surface area contributed by atoms with Gasteiger partial charge in [-0.3, -0.25) is 81.6 Å². The summed E-state index contributed by atoms with van der Waals surface area (Å²) in [5, 5.41) is 69.9. The van der Waals surface area contributed by atoms with E-state index in [0.29, 0.717) is 36.0 Å². The van der Waals surface area contributed by atoms with Gasteiger partial charge in [0, 0.05) is 118 Å². The third kappa shape index (κ3) is 41.7. The molecule has 1 aliphatic rings. The third-order valence-corrected chi connectivity index (χ3v) is 25.7. The van der Waals surface area contributed by atoms with E-state index in [1.807, 2.05) is 46.6 Å². The summed E-state index contributed by atoms with van der Waals surface area (Å²) in [6, 6.07) is 13.8. The number of likely N-dealkylation sites (N-methyl/N-ethyl adjacent to an activating group) is 1. The number of hydrogen-bond donors (Lipinski definition) is 14. The minimum absolute atomic E-state index is 0.0192. The number of carbonyl (C=O) groups excluding carboxylic acids is 15. The zero-order chi connectivity index (χ0) is 99.1. The molecule has 2 heterocycles. The molecular formula is C91H126N12O28S3. The highest BCUT2D eigenvalue weighted by Crippen LogP contribution is 2.35. The number of likely N-dealkylation sites (tertiary alicyclic amines) is 1. The predicted octanol–water partition coefficient (Wildman–Crippen LogP) is 6.16. The minimum atomic E-state index is -1.80. The second-order valence-corrected chi connectivity index (χ2v) is 36.7. The van der Waals surface area contributed by atoms with Gasteiger partial charge in [0.1, 0.15) is 35.1 Å². The molecule has 134 heavy (non-hydrogen) atoms. The van der Waals surface area contributed by atoms with Crippen molar-refractivity contribution in [1.82, 2.24) is 57.3 Å². The molecule has 736 valence electrons. The number of benzene rings is 3. The Bertz CT molecular complexity index is 4590. The van der Waals surface area contributed by atoms with E-state index in [-0.39, 0.29) is 123 Å². The number of carbonyl (C=O) groups is 19. The van der Waals surface area contributed by atoms with Crippen molar-refractivity contribution in [3.05, 3.63) is 118 Å². The number of nitrogens with two attached hydrogens (primary N) is 1. The lowest BCUT2D eigenvalue weighted by Gasteiger charge is -2.39. The molecular weight excluding hydrogens is 1810 g/mol. The van der Waals surface area contributed by atoms with Gasteiger partial charge in [0.2, 0.25) is 29.5 Å². The van der Waals surface area contributed by atoms with Gasteiger partial charge in [0.25, 0.3) is 12.4 Å². The predicted molar refractivity (Wildman–Crippen MR) is 491 cm³/mol. The number of rotatable bonds is 64. The number of piperidine rings is 1. The highest BCUT2D eigenvalue weighted by atomic mass is 33.1. The fourth-order valence-electron chi connectivity index (χ4n) is 14.6. The molecule has 14 atom stereocenters. The monoisotopic (exact) mass is 1930 g/mol. The zero-order valence-corrected chi connectivity index (χ0v) is 78.9. The molecule has 43 heteroatoms. The standard InChI is InChI=1S/C91H126N12O28S3/c1-9-19-82(117)129-51-103(87(121)64(54(5)10-2)44-74(109)70-24-17-18-35-102(70)8)71(53(3)4)46-76(131-56(7)105)86-99-69(50-132-86)85(120)96-62(40-59-25-27-63(106)28-26-59)38-55(6)75(110)48-95-91(127)128-36-37-133-134-49-61(88(122)123)43-73(108)68(45-81(115)116)98-84(119)65(92)47-94-83(118)60(39-57-20-13-11-14-21-57)42-72(107)67(41-58-22-15-12-16-23-58)97-78(112)33-34-93-77(111)30-29-66(89(124)125)100-90(126)101-79(130-52-104)31-32-80(113)114/h11-16,20-23,25-28,50,52-55,60-62,64-68,70-71,76,79,106H,9-10,17-19,24,29-49,51,92H2,1-8H3,(H,93,111)(H,94,118)(H,95,127)(H,96,120)(H,97,112)(H,98,119)(H,113,114)(H,115,116)(H,122,123)(H,124,125)(H2,100,101,126)/t54?,55-,60+,61-,62+,64-,65-,66-,67-,68-,70+,71+,76+,79+/m0/s1. The first-order valence-electron chi connectivity index (χ1n) is 44.4. The average molecular weight is 1930 g/mol. The van der Waals surface area contributed by atoms with E-state index < -0.39 is 238 Å². The van der Waals surface area contributed by atoms with Crippen LogP contribution in [0.2, 0.25) is 0 Å². The summed E-state index contributed by atoms with van der Waals surface area (Å²) in [5.41, 5.74) is 8.03. The molecule has 1 unspecified atom stereocenters. The maximum atomic E-state index is 15.1. The summed E-state index contributed by atoms with van der Waals surface area (Å²) in [7, 11) is 3.93. The molecule has 3 aromatic carbocycles. The van der Waals surface area contributed by atoms with E-state index in [2.05, 4.69) is 52.3 Å². The van der Waals surface area contributed by atoms with Crippen molar-refractivity contribution < 1.29 is 136 Å². The first-order chi connectivity index (χ1) is 63.7. The van der Waals surface area contributed by atoms with Crippen LogP contribution in [0, 0.1) is 35.5 Å². The first-order valence-corrected chi connectivity index (χ1v) is 47.7. The van der Waals surface area contributed by atoms with E-state index in [4.69, 9.17) is 25.1 Å². The topological polar surface area (TPSA) is 604 Å². The van der Waals surface area contributed by atoms with E-state index in [1.165, 1.54) is 29.3 Å². The molecule has 1 fully saturated rings. The molecule has 1 saturated heterocycles. The van der Waals surface area contributed by atoms with Crippen molar-refractivity contribution in [2.45, 2.75) is 232 Å². The van der Waals surface area contributed by atoms with Gasteiger partial charge in [0.15, 0.2) is 42.2 Å². The number of ether oxygens (including phenoxy) is 4. The maximum Gasteiger partial charge on any atom is 0.407 e. The maximum absolute atomic E-state index is 15.1. The Hall–Kier alpha value is -12.0. The highest BCUT2D eigenvalue weighted by molar-refractivity contribution is 8.76. The van der Waals surface area contributed by atoms with Crippen LogP contribution in [0.15, 0.2) is 90.3 Å². The molecule has 1 aromatic heterocycles. The number of Topliss-reactive ketones (excluding diaryl/α,β-unsaturated/α-hetero) is 4. The van der Waals surface area contributed by atoms with E-state index in [1.54, 1.807) is 79.7 Å². The third-order valence-electron chi connectivity index (χ3n) is 22.3. The second kappa shape index (κ2) is 59.6. The Kier molecular flexibility index (Phi) is 50.1. The number of amides is 9. The SMILES string of the molecule is CCCC(=O)OCN(C(=O)[C@@H](CC(=O)[C@H]1CCCCN1C)C(C)CC)[C@H](C[C@@H](OC(C)=O)c1nc(C(=O)N[C@@H](Cc2ccc(O)cc2)C[C@H](C)C(=O)CNC(=O)OCCSSC[C@H](CC(=O)[C@H](CC(=O)O)NC(=O)[C@@H](N)CNC(=O)[C@@H](CC(=O)[C@H](Cc2ccccc2)NC(=O)CCNC(=O)CC[C@H](NC(=O)N[C@@H](CCC(=O)O)OC=O)C(=O)O)Cc2ccccc2)C(=O)O)cs1)C(C)C. The average Bonchev–Trinajstić information content (AvgIpc) is 1.51. The summed E-state index contributed by atoms with van der Waals surface area (Å²) in [4.78, 5) is 257. The van der Waals surface area contributed by atoms with E-state index in [0.717, 1.165) is 52.3 Å². The van der Waals surface area contributed by atoms with Crippen molar-refractivity contribution in [3.8, 4) is 5.75 Å². The molecule has 1 aliphatic heterocycles. The smallest absolute Gasteiger partial charge is 0.407 e. The van der Waals surface area contributed by atoms with Gasteiger partial charge in [-0.2, -0.15) is 0 Å². The molecule has 40 nitrogen and oxygen atoms in total. The number of esters is 2. The molecule has 0 saturated carbocycles.